The lowest BCUT2D eigenvalue weighted by Crippen LogP contribution is -2.20. The molecule has 4 nitrogen and oxygen atoms in total. The summed E-state index contributed by atoms with van der Waals surface area (Å²) in [4.78, 5) is 13.4. The number of carboxylic acid groups (broad SMARTS) is 1. The fraction of sp³-hybridized carbons (Fsp3) is 0.0500. The van der Waals surface area contributed by atoms with Gasteiger partial charge in [0.1, 0.15) is 0 Å². The fourth-order valence-electron chi connectivity index (χ4n) is 2.94. The van der Waals surface area contributed by atoms with Crippen molar-refractivity contribution in [2.75, 3.05) is 4.90 Å². The van der Waals surface area contributed by atoms with Crippen LogP contribution in [0.1, 0.15) is 15.9 Å². The smallest absolute Gasteiger partial charge is 0.335 e. The van der Waals surface area contributed by atoms with Crippen LogP contribution in [0.5, 0.6) is 11.5 Å². The van der Waals surface area contributed by atoms with Crippen LogP contribution in [0.4, 0.5) is 11.4 Å². The van der Waals surface area contributed by atoms with Crippen molar-refractivity contribution < 1.29 is 14.6 Å². The number of ether oxygens (including phenoxy) is 1. The van der Waals surface area contributed by atoms with E-state index in [0.717, 1.165) is 28.4 Å². The number of hydrogen-bond acceptors (Lipinski definition) is 3. The first kappa shape index (κ1) is 14.3. The number of fused-ring (bicyclic) bond motifs is 2. The van der Waals surface area contributed by atoms with Gasteiger partial charge in [-0.05, 0) is 42.0 Å². The van der Waals surface area contributed by atoms with Gasteiger partial charge in [-0.25, -0.2) is 4.79 Å². The third kappa shape index (κ3) is 2.48. The molecule has 0 saturated heterocycles. The summed E-state index contributed by atoms with van der Waals surface area (Å²) in [7, 11) is 0. The Hall–Kier alpha value is -3.27. The van der Waals surface area contributed by atoms with Crippen molar-refractivity contribution in [2.45, 2.75) is 6.54 Å². The second kappa shape index (κ2) is 5.74. The van der Waals surface area contributed by atoms with Crippen LogP contribution in [0.2, 0.25) is 0 Å². The number of carbonyl (C=O) groups is 1. The number of aromatic carboxylic acids is 1. The van der Waals surface area contributed by atoms with Gasteiger partial charge in [0.2, 0.25) is 0 Å². The largest absolute Gasteiger partial charge is 0.478 e. The van der Waals surface area contributed by atoms with Crippen molar-refractivity contribution in [2.24, 2.45) is 0 Å². The highest BCUT2D eigenvalue weighted by molar-refractivity contribution is 5.87. The van der Waals surface area contributed by atoms with Gasteiger partial charge in [-0.3, -0.25) is 0 Å². The maximum absolute atomic E-state index is 11.2. The van der Waals surface area contributed by atoms with Gasteiger partial charge in [0.05, 0.1) is 16.9 Å². The van der Waals surface area contributed by atoms with E-state index in [1.54, 1.807) is 18.2 Å². The molecule has 3 aromatic rings. The molecule has 24 heavy (non-hydrogen) atoms. The quantitative estimate of drug-likeness (QED) is 0.752. The molecule has 0 atom stereocenters. The summed E-state index contributed by atoms with van der Waals surface area (Å²) in [5, 5.41) is 9.20. The van der Waals surface area contributed by atoms with Crippen LogP contribution in [0, 0.1) is 0 Å². The van der Waals surface area contributed by atoms with Gasteiger partial charge < -0.3 is 14.7 Å². The summed E-state index contributed by atoms with van der Waals surface area (Å²) < 4.78 is 5.97. The first-order valence-corrected chi connectivity index (χ1v) is 7.68. The third-order valence-electron chi connectivity index (χ3n) is 4.05. The molecular formula is C20H15NO3. The molecule has 0 aromatic heterocycles. The molecule has 4 heteroatoms. The van der Waals surface area contributed by atoms with Crippen molar-refractivity contribution >= 4 is 17.3 Å². The molecule has 0 bridgehead atoms. The molecule has 4 rings (SSSR count). The average molecular weight is 317 g/mol. The normalized spacial score (nSPS) is 12.1. The first-order valence-electron chi connectivity index (χ1n) is 7.68. The topological polar surface area (TPSA) is 49.8 Å². The number of benzene rings is 3. The first-order chi connectivity index (χ1) is 11.7. The lowest BCUT2D eigenvalue weighted by molar-refractivity contribution is 0.0696. The molecule has 1 aliphatic heterocycles. The minimum absolute atomic E-state index is 0.294. The van der Waals surface area contributed by atoms with Crippen molar-refractivity contribution in [1.82, 2.24) is 0 Å². The number of para-hydroxylation sites is 4. The van der Waals surface area contributed by atoms with E-state index in [1.165, 1.54) is 0 Å². The highest BCUT2D eigenvalue weighted by Crippen LogP contribution is 2.46. The summed E-state index contributed by atoms with van der Waals surface area (Å²) >= 11 is 0. The molecule has 1 aliphatic rings. The number of hydrogen-bond donors (Lipinski definition) is 1. The maximum Gasteiger partial charge on any atom is 0.335 e. The van der Waals surface area contributed by atoms with E-state index >= 15 is 0 Å². The van der Waals surface area contributed by atoms with E-state index in [-0.39, 0.29) is 0 Å². The summed E-state index contributed by atoms with van der Waals surface area (Å²) in [6, 6.07) is 22.7. The molecule has 1 N–H and O–H groups in total. The average Bonchev–Trinajstić information content (AvgIpc) is 2.62. The number of anilines is 2. The van der Waals surface area contributed by atoms with E-state index in [9.17, 15) is 9.90 Å². The zero-order valence-corrected chi connectivity index (χ0v) is 12.8. The highest BCUT2D eigenvalue weighted by Gasteiger charge is 2.23. The predicted molar refractivity (Wildman–Crippen MR) is 92.2 cm³/mol. The van der Waals surface area contributed by atoms with Crippen LogP contribution in [-0.2, 0) is 6.54 Å². The molecular weight excluding hydrogens is 302 g/mol. The van der Waals surface area contributed by atoms with Gasteiger partial charge >= 0.3 is 5.97 Å². The Morgan fingerprint density at radius 1 is 0.875 bits per heavy atom. The van der Waals surface area contributed by atoms with Crippen molar-refractivity contribution in [3.05, 3.63) is 83.9 Å². The molecule has 0 radical (unpaired) electrons. The summed E-state index contributed by atoms with van der Waals surface area (Å²) in [6.45, 7) is 0.568. The van der Waals surface area contributed by atoms with Crippen molar-refractivity contribution in [3.8, 4) is 11.5 Å². The molecule has 0 amide bonds. The predicted octanol–water partition coefficient (Wildman–Crippen LogP) is 4.83. The Labute approximate surface area is 139 Å². The fourth-order valence-corrected chi connectivity index (χ4v) is 2.94. The minimum Gasteiger partial charge on any atom is -0.478 e. The van der Waals surface area contributed by atoms with Crippen LogP contribution >= 0.6 is 0 Å². The van der Waals surface area contributed by atoms with Gasteiger partial charge in [-0.1, -0.05) is 36.4 Å². The Morgan fingerprint density at radius 2 is 1.50 bits per heavy atom. The van der Waals surface area contributed by atoms with Crippen LogP contribution in [0.3, 0.4) is 0 Å². The molecule has 1 heterocycles. The standard InChI is InChI=1S/C20H15NO3/c22-20(23)15-7-5-6-14(12-15)13-21-16-8-1-3-10-18(16)24-19-11-4-2-9-17(19)21/h1-12H,13H2,(H,22,23). The van der Waals surface area contributed by atoms with Gasteiger partial charge in [0.15, 0.2) is 11.5 Å². The zero-order chi connectivity index (χ0) is 16.5. The molecule has 0 unspecified atom stereocenters. The summed E-state index contributed by atoms with van der Waals surface area (Å²) in [5.74, 6) is 0.677. The van der Waals surface area contributed by atoms with Crippen molar-refractivity contribution in [1.29, 1.82) is 0 Å². The minimum atomic E-state index is -0.917. The van der Waals surface area contributed by atoms with E-state index in [1.807, 2.05) is 54.6 Å². The number of nitrogens with zero attached hydrogens (tertiary/aromatic N) is 1. The van der Waals surface area contributed by atoms with E-state index in [4.69, 9.17) is 4.74 Å². The SMILES string of the molecule is O=C(O)c1cccc(CN2c3ccccc3Oc3ccccc32)c1. The van der Waals surface area contributed by atoms with Gasteiger partial charge in [0, 0.05) is 6.54 Å². The van der Waals surface area contributed by atoms with E-state index in [2.05, 4.69) is 4.90 Å². The van der Waals surface area contributed by atoms with E-state index < -0.39 is 5.97 Å². The molecule has 0 saturated carbocycles. The summed E-state index contributed by atoms with van der Waals surface area (Å²) in [5.41, 5.74) is 3.16. The lowest BCUT2D eigenvalue weighted by atomic mass is 10.1. The Balaban J connectivity index is 1.78. The van der Waals surface area contributed by atoms with Crippen molar-refractivity contribution in [3.63, 3.8) is 0 Å². The Kier molecular flexibility index (Phi) is 3.43. The van der Waals surface area contributed by atoms with Gasteiger partial charge in [-0.15, -0.1) is 0 Å². The lowest BCUT2D eigenvalue weighted by Gasteiger charge is -2.32. The second-order valence-corrected chi connectivity index (χ2v) is 5.63. The molecule has 3 aromatic carbocycles. The molecule has 0 spiro atoms. The zero-order valence-electron chi connectivity index (χ0n) is 12.8. The Bertz CT molecular complexity index is 875. The van der Waals surface area contributed by atoms with E-state index in [0.29, 0.717) is 12.1 Å². The summed E-state index contributed by atoms with van der Waals surface area (Å²) in [6.07, 6.45) is 0. The maximum atomic E-state index is 11.2. The second-order valence-electron chi connectivity index (χ2n) is 5.63. The monoisotopic (exact) mass is 317 g/mol. The number of rotatable bonds is 3. The van der Waals surface area contributed by atoms with Crippen LogP contribution in [0.25, 0.3) is 0 Å². The van der Waals surface area contributed by atoms with Gasteiger partial charge in [-0.2, -0.15) is 0 Å². The highest BCUT2D eigenvalue weighted by atomic mass is 16.5. The third-order valence-corrected chi connectivity index (χ3v) is 4.05. The van der Waals surface area contributed by atoms with Crippen LogP contribution in [-0.4, -0.2) is 11.1 Å². The van der Waals surface area contributed by atoms with Crippen LogP contribution < -0.4 is 9.64 Å². The molecule has 0 aliphatic carbocycles. The van der Waals surface area contributed by atoms with Crippen LogP contribution in [0.15, 0.2) is 72.8 Å². The number of carboxylic acids is 1. The molecule has 118 valence electrons. The van der Waals surface area contributed by atoms with Gasteiger partial charge in [0.25, 0.3) is 0 Å². The molecule has 0 fully saturated rings. The Morgan fingerprint density at radius 3 is 2.12 bits per heavy atom.